The number of benzene rings is 1. The van der Waals surface area contributed by atoms with Crippen LogP contribution in [0.5, 0.6) is 0 Å². The summed E-state index contributed by atoms with van der Waals surface area (Å²) in [5, 5.41) is -0.111. The van der Waals surface area contributed by atoms with Crippen molar-refractivity contribution in [2.75, 3.05) is 31.1 Å². The third-order valence-electron chi connectivity index (χ3n) is 4.35. The highest BCUT2D eigenvalue weighted by Gasteiger charge is 2.33. The molecule has 1 aromatic carbocycles. The van der Waals surface area contributed by atoms with Gasteiger partial charge in [0.1, 0.15) is 5.82 Å². The summed E-state index contributed by atoms with van der Waals surface area (Å²) in [6, 6.07) is 7.42. The molecule has 1 fully saturated rings. The van der Waals surface area contributed by atoms with Crippen LogP contribution < -0.4 is 4.90 Å². The quantitative estimate of drug-likeness (QED) is 0.763. The highest BCUT2D eigenvalue weighted by Crippen LogP contribution is 2.34. The Morgan fingerprint density at radius 3 is 2.19 bits per heavy atom. The molecule has 0 N–H and O–H groups in total. The SMILES string of the molecule is Cc1ccc(S(=O)(=O)N2CCN(c3ncc(C(F)(F)F)cc3Cl)CC2)cc1. The topological polar surface area (TPSA) is 53.5 Å². The number of aryl methyl sites for hydroxylation is 1. The molecule has 10 heteroatoms. The lowest BCUT2D eigenvalue weighted by atomic mass is 10.2. The van der Waals surface area contributed by atoms with Gasteiger partial charge < -0.3 is 4.90 Å². The zero-order valence-electron chi connectivity index (χ0n) is 14.4. The lowest BCUT2D eigenvalue weighted by molar-refractivity contribution is -0.137. The van der Waals surface area contributed by atoms with Crippen LogP contribution in [0.1, 0.15) is 11.1 Å². The van der Waals surface area contributed by atoms with Gasteiger partial charge in [-0.3, -0.25) is 0 Å². The van der Waals surface area contributed by atoms with E-state index in [9.17, 15) is 21.6 Å². The van der Waals surface area contributed by atoms with E-state index >= 15 is 0 Å². The molecule has 0 saturated carbocycles. The standard InChI is InChI=1S/C17H17ClF3N3O2S/c1-12-2-4-14(5-3-12)27(25,26)24-8-6-23(7-9-24)16-15(18)10-13(11-22-16)17(19,20)21/h2-5,10-11H,6-9H2,1H3. The van der Waals surface area contributed by atoms with Crippen LogP contribution in [0.15, 0.2) is 41.4 Å². The van der Waals surface area contributed by atoms with Crippen LogP contribution in [0.3, 0.4) is 0 Å². The first-order valence-corrected chi connectivity index (χ1v) is 9.95. The number of pyridine rings is 1. The third-order valence-corrected chi connectivity index (χ3v) is 6.54. The maximum absolute atomic E-state index is 12.7. The third kappa shape index (κ3) is 4.20. The molecular formula is C17H17ClF3N3O2S. The van der Waals surface area contributed by atoms with E-state index in [1.165, 1.54) is 4.31 Å². The van der Waals surface area contributed by atoms with E-state index in [1.807, 2.05) is 6.92 Å². The Morgan fingerprint density at radius 2 is 1.67 bits per heavy atom. The van der Waals surface area contributed by atoms with Crippen LogP contribution in [-0.2, 0) is 16.2 Å². The van der Waals surface area contributed by atoms with E-state index < -0.39 is 21.8 Å². The summed E-state index contributed by atoms with van der Waals surface area (Å²) >= 11 is 5.97. The van der Waals surface area contributed by atoms with Crippen molar-refractivity contribution in [3.8, 4) is 0 Å². The molecule has 1 aromatic heterocycles. The zero-order chi connectivity index (χ0) is 19.8. The van der Waals surface area contributed by atoms with Crippen LogP contribution in [0.2, 0.25) is 5.02 Å². The Hall–Kier alpha value is -1.84. The molecule has 3 rings (SSSR count). The number of rotatable bonds is 3. The summed E-state index contributed by atoms with van der Waals surface area (Å²) < 4.78 is 64.9. The van der Waals surface area contributed by atoms with E-state index in [-0.39, 0.29) is 41.9 Å². The average molecular weight is 420 g/mol. The van der Waals surface area contributed by atoms with E-state index in [0.717, 1.165) is 17.8 Å². The molecule has 0 unspecified atom stereocenters. The smallest absolute Gasteiger partial charge is 0.353 e. The van der Waals surface area contributed by atoms with Gasteiger partial charge in [0.05, 0.1) is 15.5 Å². The number of hydrogen-bond acceptors (Lipinski definition) is 4. The number of alkyl halides is 3. The molecule has 5 nitrogen and oxygen atoms in total. The first-order valence-electron chi connectivity index (χ1n) is 8.13. The molecule has 0 bridgehead atoms. The second kappa shape index (κ2) is 7.29. The fraction of sp³-hybridized carbons (Fsp3) is 0.353. The van der Waals surface area contributed by atoms with Crippen LogP contribution in [0.4, 0.5) is 19.0 Å². The largest absolute Gasteiger partial charge is 0.417 e. The van der Waals surface area contributed by atoms with Gasteiger partial charge >= 0.3 is 6.18 Å². The molecular weight excluding hydrogens is 403 g/mol. The van der Waals surface area contributed by atoms with Crippen molar-refractivity contribution in [3.05, 3.63) is 52.7 Å². The highest BCUT2D eigenvalue weighted by atomic mass is 35.5. The Bertz CT molecular complexity index is 925. The lowest BCUT2D eigenvalue weighted by Crippen LogP contribution is -2.49. The predicted molar refractivity (Wildman–Crippen MR) is 96.4 cm³/mol. The molecule has 27 heavy (non-hydrogen) atoms. The first-order chi connectivity index (χ1) is 12.6. The van der Waals surface area contributed by atoms with Crippen molar-refractivity contribution in [1.29, 1.82) is 0 Å². The monoisotopic (exact) mass is 419 g/mol. The molecule has 1 saturated heterocycles. The Labute approximate surface area is 160 Å². The second-order valence-corrected chi connectivity index (χ2v) is 8.58. The highest BCUT2D eigenvalue weighted by molar-refractivity contribution is 7.89. The molecule has 1 aliphatic rings. The second-order valence-electron chi connectivity index (χ2n) is 6.23. The molecule has 2 aromatic rings. The number of anilines is 1. The lowest BCUT2D eigenvalue weighted by Gasteiger charge is -2.35. The molecule has 0 atom stereocenters. The Kier molecular flexibility index (Phi) is 5.38. The van der Waals surface area contributed by atoms with Crippen LogP contribution in [-0.4, -0.2) is 43.9 Å². The van der Waals surface area contributed by atoms with Crippen molar-refractivity contribution in [3.63, 3.8) is 0 Å². The number of nitrogens with zero attached hydrogens (tertiary/aromatic N) is 3. The minimum Gasteiger partial charge on any atom is -0.353 e. The van der Waals surface area contributed by atoms with Crippen molar-refractivity contribution >= 4 is 27.4 Å². The Balaban J connectivity index is 1.73. The van der Waals surface area contributed by atoms with E-state index in [1.54, 1.807) is 29.2 Å². The van der Waals surface area contributed by atoms with Crippen LogP contribution in [0.25, 0.3) is 0 Å². The van der Waals surface area contributed by atoms with Gasteiger partial charge in [0.25, 0.3) is 0 Å². The van der Waals surface area contributed by atoms with Gasteiger partial charge in [-0.05, 0) is 25.1 Å². The van der Waals surface area contributed by atoms with Gasteiger partial charge in [0.2, 0.25) is 10.0 Å². The molecule has 0 spiro atoms. The van der Waals surface area contributed by atoms with Crippen molar-refractivity contribution in [2.24, 2.45) is 0 Å². The molecule has 2 heterocycles. The number of hydrogen-bond donors (Lipinski definition) is 0. The Morgan fingerprint density at radius 1 is 1.07 bits per heavy atom. The molecule has 0 radical (unpaired) electrons. The van der Waals surface area contributed by atoms with Gasteiger partial charge in [0.15, 0.2) is 0 Å². The minimum absolute atomic E-state index is 0.111. The van der Waals surface area contributed by atoms with Gasteiger partial charge in [-0.1, -0.05) is 29.3 Å². The number of sulfonamides is 1. The molecule has 1 aliphatic heterocycles. The number of halogens is 4. The van der Waals surface area contributed by atoms with Gasteiger partial charge in [0, 0.05) is 32.4 Å². The minimum atomic E-state index is -4.52. The van der Waals surface area contributed by atoms with Crippen molar-refractivity contribution in [2.45, 2.75) is 18.0 Å². The van der Waals surface area contributed by atoms with Gasteiger partial charge in [-0.2, -0.15) is 17.5 Å². The van der Waals surface area contributed by atoms with Gasteiger partial charge in [-0.15, -0.1) is 0 Å². The summed E-state index contributed by atoms with van der Waals surface area (Å²) in [5.41, 5.74) is 0.0404. The van der Waals surface area contributed by atoms with E-state index in [0.29, 0.717) is 0 Å². The van der Waals surface area contributed by atoms with E-state index in [4.69, 9.17) is 11.6 Å². The average Bonchev–Trinajstić information content (AvgIpc) is 2.61. The van der Waals surface area contributed by atoms with Crippen LogP contribution in [0, 0.1) is 6.92 Å². The molecule has 0 aliphatic carbocycles. The maximum Gasteiger partial charge on any atom is 0.417 e. The van der Waals surface area contributed by atoms with Crippen LogP contribution >= 0.6 is 11.6 Å². The number of aromatic nitrogens is 1. The van der Waals surface area contributed by atoms with Crippen molar-refractivity contribution in [1.82, 2.24) is 9.29 Å². The summed E-state index contributed by atoms with van der Waals surface area (Å²) in [6.45, 7) is 2.81. The van der Waals surface area contributed by atoms with Gasteiger partial charge in [-0.25, -0.2) is 13.4 Å². The zero-order valence-corrected chi connectivity index (χ0v) is 15.9. The summed E-state index contributed by atoms with van der Waals surface area (Å²) in [4.78, 5) is 5.73. The fourth-order valence-corrected chi connectivity index (χ4v) is 4.53. The summed E-state index contributed by atoms with van der Waals surface area (Å²) in [7, 11) is -3.62. The fourth-order valence-electron chi connectivity index (χ4n) is 2.82. The first kappa shape index (κ1) is 19.9. The summed E-state index contributed by atoms with van der Waals surface area (Å²) in [6.07, 6.45) is -3.79. The van der Waals surface area contributed by atoms with E-state index in [2.05, 4.69) is 4.98 Å². The number of piperazine rings is 1. The van der Waals surface area contributed by atoms with Crippen molar-refractivity contribution < 1.29 is 21.6 Å². The predicted octanol–water partition coefficient (Wildman–Crippen LogP) is 3.57. The molecule has 0 amide bonds. The summed E-state index contributed by atoms with van der Waals surface area (Å²) in [5.74, 6) is 0.219. The normalized spacial score (nSPS) is 16.6. The maximum atomic E-state index is 12.7. The molecule has 146 valence electrons.